The standard InChI is InChI=1S/C14H14F2N4O2/c15-14(16)22-11-4-1-9(18-8-11)7-19-12-13(21)20(6-5-17-12)10-2-3-10/h1,4-6,8,10,14H,2-3,7H2,(H,17,19). The Morgan fingerprint density at radius 2 is 2.18 bits per heavy atom. The van der Waals surface area contributed by atoms with Gasteiger partial charge in [0.1, 0.15) is 5.75 Å². The number of anilines is 1. The monoisotopic (exact) mass is 308 g/mol. The van der Waals surface area contributed by atoms with Gasteiger partial charge in [0.15, 0.2) is 5.82 Å². The van der Waals surface area contributed by atoms with Crippen LogP contribution in [0.5, 0.6) is 5.75 Å². The fraction of sp³-hybridized carbons (Fsp3) is 0.357. The van der Waals surface area contributed by atoms with Gasteiger partial charge in [0.25, 0.3) is 5.56 Å². The molecule has 1 fully saturated rings. The zero-order valence-corrected chi connectivity index (χ0v) is 11.6. The Morgan fingerprint density at radius 3 is 2.82 bits per heavy atom. The molecular formula is C14H14F2N4O2. The van der Waals surface area contributed by atoms with Crippen LogP contribution in [-0.4, -0.2) is 21.1 Å². The van der Waals surface area contributed by atoms with Crippen molar-refractivity contribution in [2.45, 2.75) is 32.0 Å². The van der Waals surface area contributed by atoms with E-state index < -0.39 is 6.61 Å². The topological polar surface area (TPSA) is 69.0 Å². The van der Waals surface area contributed by atoms with Gasteiger partial charge in [0, 0.05) is 18.4 Å². The largest absolute Gasteiger partial charge is 0.433 e. The molecule has 1 N–H and O–H groups in total. The summed E-state index contributed by atoms with van der Waals surface area (Å²) in [5.74, 6) is 0.247. The van der Waals surface area contributed by atoms with Crippen molar-refractivity contribution in [2.75, 3.05) is 5.32 Å². The van der Waals surface area contributed by atoms with Crippen molar-refractivity contribution in [3.63, 3.8) is 0 Å². The predicted octanol–water partition coefficient (Wildman–Crippen LogP) is 2.19. The molecular weight excluding hydrogens is 294 g/mol. The quantitative estimate of drug-likeness (QED) is 0.886. The van der Waals surface area contributed by atoms with Gasteiger partial charge >= 0.3 is 6.61 Å². The van der Waals surface area contributed by atoms with Crippen LogP contribution in [0.4, 0.5) is 14.6 Å². The molecule has 2 aromatic heterocycles. The molecule has 0 amide bonds. The summed E-state index contributed by atoms with van der Waals surface area (Å²) in [5, 5.41) is 2.92. The predicted molar refractivity (Wildman–Crippen MR) is 75.0 cm³/mol. The van der Waals surface area contributed by atoms with Gasteiger partial charge in [-0.15, -0.1) is 0 Å². The van der Waals surface area contributed by atoms with Crippen LogP contribution in [0, 0.1) is 0 Å². The third kappa shape index (κ3) is 3.38. The maximum Gasteiger partial charge on any atom is 0.387 e. The van der Waals surface area contributed by atoms with E-state index in [2.05, 4.69) is 20.0 Å². The Morgan fingerprint density at radius 1 is 1.36 bits per heavy atom. The first kappa shape index (κ1) is 14.4. The van der Waals surface area contributed by atoms with Crippen molar-refractivity contribution in [1.82, 2.24) is 14.5 Å². The van der Waals surface area contributed by atoms with Crippen LogP contribution in [0.25, 0.3) is 0 Å². The Bertz CT molecular complexity index is 699. The van der Waals surface area contributed by atoms with Gasteiger partial charge in [0.2, 0.25) is 0 Å². The number of pyridine rings is 1. The van der Waals surface area contributed by atoms with Crippen molar-refractivity contribution in [1.29, 1.82) is 0 Å². The Balaban J connectivity index is 1.65. The first-order valence-corrected chi connectivity index (χ1v) is 6.84. The number of hydrogen-bond acceptors (Lipinski definition) is 5. The average molecular weight is 308 g/mol. The molecule has 0 unspecified atom stereocenters. The number of rotatable bonds is 6. The van der Waals surface area contributed by atoms with Crippen LogP contribution < -0.4 is 15.6 Å². The highest BCUT2D eigenvalue weighted by Crippen LogP contribution is 2.33. The molecule has 116 valence electrons. The van der Waals surface area contributed by atoms with Crippen molar-refractivity contribution in [2.24, 2.45) is 0 Å². The van der Waals surface area contributed by atoms with Crippen molar-refractivity contribution in [3.05, 3.63) is 46.8 Å². The van der Waals surface area contributed by atoms with Gasteiger partial charge in [-0.25, -0.2) is 4.98 Å². The third-order valence-electron chi connectivity index (χ3n) is 3.27. The van der Waals surface area contributed by atoms with Crippen LogP contribution in [0.1, 0.15) is 24.6 Å². The van der Waals surface area contributed by atoms with E-state index >= 15 is 0 Å². The summed E-state index contributed by atoms with van der Waals surface area (Å²) >= 11 is 0. The van der Waals surface area contributed by atoms with E-state index in [9.17, 15) is 13.6 Å². The molecule has 8 heteroatoms. The van der Waals surface area contributed by atoms with Gasteiger partial charge in [-0.1, -0.05) is 0 Å². The lowest BCUT2D eigenvalue weighted by atomic mass is 10.3. The first-order chi connectivity index (χ1) is 10.6. The molecule has 2 heterocycles. The van der Waals surface area contributed by atoms with Crippen LogP contribution >= 0.6 is 0 Å². The highest BCUT2D eigenvalue weighted by atomic mass is 19.3. The number of hydrogen-bond donors (Lipinski definition) is 1. The second kappa shape index (κ2) is 6.08. The molecule has 0 atom stereocenters. The van der Waals surface area contributed by atoms with E-state index in [1.54, 1.807) is 23.0 Å². The SMILES string of the molecule is O=c1c(NCc2ccc(OC(F)F)cn2)nccn1C1CC1. The van der Waals surface area contributed by atoms with E-state index in [0.29, 0.717) is 5.69 Å². The molecule has 6 nitrogen and oxygen atoms in total. The molecule has 0 aliphatic heterocycles. The van der Waals surface area contributed by atoms with Crippen molar-refractivity contribution < 1.29 is 13.5 Å². The maximum absolute atomic E-state index is 12.2. The number of alkyl halides is 2. The summed E-state index contributed by atoms with van der Waals surface area (Å²) < 4.78 is 30.0. The summed E-state index contributed by atoms with van der Waals surface area (Å²) in [5.41, 5.74) is 0.423. The summed E-state index contributed by atoms with van der Waals surface area (Å²) in [6, 6.07) is 3.23. The second-order valence-corrected chi connectivity index (χ2v) is 4.94. The minimum atomic E-state index is -2.87. The minimum Gasteiger partial charge on any atom is -0.433 e. The molecule has 0 radical (unpaired) electrons. The van der Waals surface area contributed by atoms with Crippen LogP contribution in [0.2, 0.25) is 0 Å². The van der Waals surface area contributed by atoms with Crippen LogP contribution in [-0.2, 0) is 6.54 Å². The molecule has 0 spiro atoms. The summed E-state index contributed by atoms with van der Waals surface area (Å²) in [7, 11) is 0. The normalized spacial score (nSPS) is 14.1. The third-order valence-corrected chi connectivity index (χ3v) is 3.27. The molecule has 0 saturated heterocycles. The highest BCUT2D eigenvalue weighted by molar-refractivity contribution is 5.32. The van der Waals surface area contributed by atoms with E-state index in [0.717, 1.165) is 12.8 Å². The van der Waals surface area contributed by atoms with E-state index in [1.165, 1.54) is 12.3 Å². The van der Waals surface area contributed by atoms with E-state index in [1.807, 2.05) is 0 Å². The van der Waals surface area contributed by atoms with E-state index in [4.69, 9.17) is 0 Å². The Kier molecular flexibility index (Phi) is 3.99. The van der Waals surface area contributed by atoms with Crippen molar-refractivity contribution in [3.8, 4) is 5.75 Å². The average Bonchev–Trinajstić information content (AvgIpc) is 3.32. The maximum atomic E-state index is 12.2. The first-order valence-electron chi connectivity index (χ1n) is 6.84. The molecule has 22 heavy (non-hydrogen) atoms. The van der Waals surface area contributed by atoms with E-state index in [-0.39, 0.29) is 29.7 Å². The lowest BCUT2D eigenvalue weighted by Crippen LogP contribution is -2.23. The Hall–Kier alpha value is -2.51. The van der Waals surface area contributed by atoms with Gasteiger partial charge in [0.05, 0.1) is 18.4 Å². The number of ether oxygens (including phenoxy) is 1. The van der Waals surface area contributed by atoms with Crippen molar-refractivity contribution >= 4 is 5.82 Å². The van der Waals surface area contributed by atoms with Gasteiger partial charge in [-0.05, 0) is 25.0 Å². The minimum absolute atomic E-state index is 0.00678. The fourth-order valence-corrected chi connectivity index (χ4v) is 2.05. The molecule has 1 saturated carbocycles. The summed E-state index contributed by atoms with van der Waals surface area (Å²) in [6.07, 6.45) is 6.49. The van der Waals surface area contributed by atoms with Crippen LogP contribution in [0.15, 0.2) is 35.5 Å². The second-order valence-electron chi connectivity index (χ2n) is 4.94. The summed E-state index contributed by atoms with van der Waals surface area (Å²) in [6.45, 7) is -2.61. The fourth-order valence-electron chi connectivity index (χ4n) is 2.05. The number of aromatic nitrogens is 3. The number of nitrogens with one attached hydrogen (secondary N) is 1. The zero-order valence-electron chi connectivity index (χ0n) is 11.6. The highest BCUT2D eigenvalue weighted by Gasteiger charge is 2.25. The summed E-state index contributed by atoms with van der Waals surface area (Å²) in [4.78, 5) is 20.2. The Labute approximate surface area is 124 Å². The lowest BCUT2D eigenvalue weighted by molar-refractivity contribution is -0.0500. The molecule has 0 aromatic carbocycles. The zero-order chi connectivity index (χ0) is 15.5. The smallest absolute Gasteiger partial charge is 0.387 e. The molecule has 1 aliphatic carbocycles. The molecule has 2 aromatic rings. The van der Waals surface area contributed by atoms with Crippen LogP contribution in [0.3, 0.4) is 0 Å². The lowest BCUT2D eigenvalue weighted by Gasteiger charge is -2.08. The molecule has 0 bridgehead atoms. The molecule has 3 rings (SSSR count). The number of nitrogens with zero attached hydrogens (tertiary/aromatic N) is 3. The van der Waals surface area contributed by atoms with Gasteiger partial charge in [-0.3, -0.25) is 9.78 Å². The number of halogens is 2. The van der Waals surface area contributed by atoms with Gasteiger partial charge < -0.3 is 14.6 Å². The van der Waals surface area contributed by atoms with Gasteiger partial charge in [-0.2, -0.15) is 8.78 Å². The molecule has 1 aliphatic rings.